The van der Waals surface area contributed by atoms with E-state index >= 15 is 0 Å². The Bertz CT molecular complexity index is 480. The molecule has 0 spiro atoms. The highest BCUT2D eigenvalue weighted by Crippen LogP contribution is 2.65. The SMILES string of the molecule is CC1OC2CCC=C3CC[C@@H]4C(CC[C@]5(C)[C@@H]1CC[C@@H]45)[C@H]32. The van der Waals surface area contributed by atoms with Crippen molar-refractivity contribution in [2.75, 3.05) is 0 Å². The molecule has 6 bridgehead atoms. The Morgan fingerprint density at radius 2 is 1.90 bits per heavy atom. The Morgan fingerprint density at radius 1 is 1.05 bits per heavy atom. The molecule has 116 valence electrons. The van der Waals surface area contributed by atoms with Gasteiger partial charge in [-0.25, -0.2) is 0 Å². The van der Waals surface area contributed by atoms with E-state index in [1.54, 1.807) is 5.57 Å². The zero-order chi connectivity index (χ0) is 14.2. The average Bonchev–Trinajstić information content (AvgIpc) is 2.85. The number of hydrogen-bond acceptors (Lipinski definition) is 1. The van der Waals surface area contributed by atoms with Gasteiger partial charge in [0.15, 0.2) is 0 Å². The van der Waals surface area contributed by atoms with Gasteiger partial charge in [0, 0.05) is 5.92 Å². The smallest absolute Gasteiger partial charge is 0.0649 e. The highest BCUT2D eigenvalue weighted by Gasteiger charge is 2.59. The van der Waals surface area contributed by atoms with E-state index in [9.17, 15) is 0 Å². The van der Waals surface area contributed by atoms with E-state index < -0.39 is 0 Å². The van der Waals surface area contributed by atoms with Gasteiger partial charge in [0.1, 0.15) is 0 Å². The third-order valence-corrected chi connectivity index (χ3v) is 8.44. The van der Waals surface area contributed by atoms with Gasteiger partial charge in [-0.3, -0.25) is 0 Å². The number of rotatable bonds is 0. The fourth-order valence-corrected chi connectivity index (χ4v) is 7.65. The van der Waals surface area contributed by atoms with Crippen LogP contribution in [0.1, 0.15) is 65.2 Å². The van der Waals surface area contributed by atoms with E-state index in [2.05, 4.69) is 19.9 Å². The van der Waals surface area contributed by atoms with Crippen LogP contribution in [-0.2, 0) is 4.74 Å². The Labute approximate surface area is 129 Å². The Kier molecular flexibility index (Phi) is 2.74. The maximum absolute atomic E-state index is 6.76. The topological polar surface area (TPSA) is 9.23 Å². The molecule has 6 rings (SSSR count). The standard InChI is InChI=1S/C20H30O/c1-12-16-8-9-17-14-7-6-13-4-3-5-18(21-12)19(13)15(14)10-11-20(16,17)2/h4,12,14-19H,3,5-11H2,1-2H3/t12?,14-,15?,16-,17+,18?,19+,20-/m1/s1. The van der Waals surface area contributed by atoms with Gasteiger partial charge >= 0.3 is 0 Å². The van der Waals surface area contributed by atoms with Gasteiger partial charge in [0.25, 0.3) is 0 Å². The first-order valence-corrected chi connectivity index (χ1v) is 9.53. The molecule has 0 aromatic heterocycles. The summed E-state index contributed by atoms with van der Waals surface area (Å²) in [4.78, 5) is 0. The molecule has 3 saturated carbocycles. The summed E-state index contributed by atoms with van der Waals surface area (Å²) in [6, 6.07) is 0. The number of fused-ring (bicyclic) bond motifs is 2. The molecule has 0 radical (unpaired) electrons. The first-order chi connectivity index (χ1) is 10.2. The summed E-state index contributed by atoms with van der Waals surface area (Å²) in [6.07, 6.45) is 15.0. The first-order valence-electron chi connectivity index (χ1n) is 9.53. The summed E-state index contributed by atoms with van der Waals surface area (Å²) in [6.45, 7) is 5.03. The lowest BCUT2D eigenvalue weighted by Gasteiger charge is -2.53. The molecule has 2 saturated heterocycles. The van der Waals surface area contributed by atoms with Gasteiger partial charge < -0.3 is 4.74 Å². The van der Waals surface area contributed by atoms with Gasteiger partial charge in [-0.2, -0.15) is 0 Å². The van der Waals surface area contributed by atoms with E-state index in [1.807, 2.05) is 0 Å². The second-order valence-electron chi connectivity index (χ2n) is 8.96. The summed E-state index contributed by atoms with van der Waals surface area (Å²) < 4.78 is 6.76. The highest BCUT2D eigenvalue weighted by atomic mass is 16.5. The second kappa shape index (κ2) is 4.37. The minimum Gasteiger partial charge on any atom is -0.374 e. The van der Waals surface area contributed by atoms with Crippen LogP contribution in [-0.4, -0.2) is 12.2 Å². The van der Waals surface area contributed by atoms with Gasteiger partial charge in [0.05, 0.1) is 12.2 Å². The summed E-state index contributed by atoms with van der Waals surface area (Å²) in [7, 11) is 0. The van der Waals surface area contributed by atoms with E-state index in [-0.39, 0.29) is 0 Å². The van der Waals surface area contributed by atoms with Gasteiger partial charge in [-0.1, -0.05) is 18.6 Å². The van der Waals surface area contributed by atoms with Crippen molar-refractivity contribution in [2.24, 2.45) is 35.0 Å². The van der Waals surface area contributed by atoms with Gasteiger partial charge in [-0.05, 0) is 87.4 Å². The van der Waals surface area contributed by atoms with E-state index in [4.69, 9.17) is 4.74 Å². The van der Waals surface area contributed by atoms with Crippen molar-refractivity contribution < 1.29 is 4.74 Å². The van der Waals surface area contributed by atoms with E-state index in [0.29, 0.717) is 17.6 Å². The van der Waals surface area contributed by atoms with Crippen LogP contribution in [0.3, 0.4) is 0 Å². The molecule has 6 aliphatic rings. The van der Waals surface area contributed by atoms with Crippen LogP contribution in [0.5, 0.6) is 0 Å². The molecular weight excluding hydrogens is 256 g/mol. The Balaban J connectivity index is 1.65. The molecule has 21 heavy (non-hydrogen) atoms. The molecule has 4 aliphatic carbocycles. The molecular formula is C20H30O. The minimum absolute atomic E-state index is 0.488. The van der Waals surface area contributed by atoms with Crippen molar-refractivity contribution in [1.82, 2.24) is 0 Å². The van der Waals surface area contributed by atoms with Crippen molar-refractivity contribution in [3.63, 3.8) is 0 Å². The van der Waals surface area contributed by atoms with Crippen LogP contribution in [0.2, 0.25) is 0 Å². The molecule has 0 N–H and O–H groups in total. The molecule has 8 atom stereocenters. The fraction of sp³-hybridized carbons (Fsp3) is 0.900. The number of ether oxygens (including phenoxy) is 1. The monoisotopic (exact) mass is 286 g/mol. The van der Waals surface area contributed by atoms with Crippen molar-refractivity contribution in [3.8, 4) is 0 Å². The average molecular weight is 286 g/mol. The lowest BCUT2D eigenvalue weighted by molar-refractivity contribution is -0.0761. The molecule has 2 aliphatic heterocycles. The van der Waals surface area contributed by atoms with Crippen LogP contribution in [0.25, 0.3) is 0 Å². The quantitative estimate of drug-likeness (QED) is 0.572. The van der Waals surface area contributed by atoms with Crippen LogP contribution in [0.15, 0.2) is 11.6 Å². The molecule has 1 nitrogen and oxygen atoms in total. The third-order valence-electron chi connectivity index (χ3n) is 8.44. The van der Waals surface area contributed by atoms with Gasteiger partial charge in [-0.15, -0.1) is 0 Å². The van der Waals surface area contributed by atoms with Crippen molar-refractivity contribution >= 4 is 0 Å². The number of hydrogen-bond donors (Lipinski definition) is 0. The molecule has 2 heterocycles. The molecule has 5 fully saturated rings. The molecule has 1 heteroatoms. The third kappa shape index (κ3) is 1.62. The Morgan fingerprint density at radius 3 is 2.81 bits per heavy atom. The predicted molar refractivity (Wildman–Crippen MR) is 84.9 cm³/mol. The summed E-state index contributed by atoms with van der Waals surface area (Å²) in [5.41, 5.74) is 2.39. The van der Waals surface area contributed by atoms with Crippen molar-refractivity contribution in [1.29, 1.82) is 0 Å². The van der Waals surface area contributed by atoms with E-state index in [1.165, 1.54) is 51.4 Å². The van der Waals surface area contributed by atoms with E-state index in [0.717, 1.165) is 29.6 Å². The van der Waals surface area contributed by atoms with Gasteiger partial charge in [0.2, 0.25) is 0 Å². The van der Waals surface area contributed by atoms with Crippen molar-refractivity contribution in [2.45, 2.75) is 77.4 Å². The predicted octanol–water partition coefficient (Wildman–Crippen LogP) is 4.96. The second-order valence-corrected chi connectivity index (χ2v) is 8.96. The molecule has 0 aromatic rings. The first kappa shape index (κ1) is 13.2. The molecule has 0 aromatic carbocycles. The highest BCUT2D eigenvalue weighted by molar-refractivity contribution is 5.21. The zero-order valence-corrected chi connectivity index (χ0v) is 13.7. The fourth-order valence-electron chi connectivity index (χ4n) is 7.65. The normalized spacial score (nSPS) is 58.2. The molecule has 0 amide bonds. The van der Waals surface area contributed by atoms with Crippen LogP contribution in [0, 0.1) is 35.0 Å². The molecule has 3 unspecified atom stereocenters. The van der Waals surface area contributed by atoms with Crippen LogP contribution in [0.4, 0.5) is 0 Å². The zero-order valence-electron chi connectivity index (χ0n) is 13.7. The maximum atomic E-state index is 6.76. The minimum atomic E-state index is 0.488. The summed E-state index contributed by atoms with van der Waals surface area (Å²) in [5.74, 6) is 4.61. The summed E-state index contributed by atoms with van der Waals surface area (Å²) in [5, 5.41) is 0. The van der Waals surface area contributed by atoms with Crippen molar-refractivity contribution in [3.05, 3.63) is 11.6 Å². The Hall–Kier alpha value is -0.300. The largest absolute Gasteiger partial charge is 0.374 e. The number of allylic oxidation sites excluding steroid dienone is 1. The summed E-state index contributed by atoms with van der Waals surface area (Å²) >= 11 is 0. The lowest BCUT2D eigenvalue weighted by Crippen LogP contribution is -2.47. The van der Waals surface area contributed by atoms with Crippen LogP contribution >= 0.6 is 0 Å². The maximum Gasteiger partial charge on any atom is 0.0649 e. The van der Waals surface area contributed by atoms with Crippen LogP contribution < -0.4 is 0 Å². The lowest BCUT2D eigenvalue weighted by atomic mass is 9.51.